The first-order valence-corrected chi connectivity index (χ1v) is 5.71. The highest BCUT2D eigenvalue weighted by atomic mass is 33.1. The Kier molecular flexibility index (Phi) is 8.29. The standard InChI is InChI=1S/C8H14OS2/c1-8(7-9)5-3-2-4-6-11-10/h2,4,7-8,10H,3,5-6H2,1H3/b4-2+. The number of carbonyl (C=O) groups is 1. The van der Waals surface area contributed by atoms with Crippen molar-refractivity contribution in [2.24, 2.45) is 5.92 Å². The molecule has 1 unspecified atom stereocenters. The van der Waals surface area contributed by atoms with Crippen LogP contribution in [0.15, 0.2) is 12.2 Å². The predicted molar refractivity (Wildman–Crippen MR) is 55.0 cm³/mol. The molecule has 0 saturated heterocycles. The minimum Gasteiger partial charge on any atom is -0.303 e. The van der Waals surface area contributed by atoms with Gasteiger partial charge in [0.1, 0.15) is 6.29 Å². The SMILES string of the molecule is CC(C=O)CC/C=C/CSS. The molecule has 11 heavy (non-hydrogen) atoms. The van der Waals surface area contributed by atoms with Gasteiger partial charge in [0, 0.05) is 11.7 Å². The lowest BCUT2D eigenvalue weighted by atomic mass is 10.1. The molecule has 0 aromatic heterocycles. The molecule has 0 heterocycles. The maximum Gasteiger partial charge on any atom is 0.122 e. The molecular formula is C8H14OS2. The van der Waals surface area contributed by atoms with Crippen molar-refractivity contribution in [1.82, 2.24) is 0 Å². The van der Waals surface area contributed by atoms with E-state index in [2.05, 4.69) is 23.8 Å². The van der Waals surface area contributed by atoms with E-state index in [0.29, 0.717) is 0 Å². The second-order valence-corrected chi connectivity index (χ2v) is 3.82. The van der Waals surface area contributed by atoms with E-state index in [1.54, 1.807) is 0 Å². The maximum absolute atomic E-state index is 10.2. The van der Waals surface area contributed by atoms with Crippen LogP contribution < -0.4 is 0 Å². The first-order chi connectivity index (χ1) is 5.31. The minimum atomic E-state index is 0.198. The van der Waals surface area contributed by atoms with Gasteiger partial charge in [-0.3, -0.25) is 0 Å². The molecule has 0 fully saturated rings. The van der Waals surface area contributed by atoms with Crippen LogP contribution in [-0.2, 0) is 4.79 Å². The second kappa shape index (κ2) is 8.21. The van der Waals surface area contributed by atoms with E-state index in [-0.39, 0.29) is 5.92 Å². The Hall–Kier alpha value is 0.110. The van der Waals surface area contributed by atoms with Gasteiger partial charge in [-0.2, -0.15) is 0 Å². The number of aldehydes is 1. The van der Waals surface area contributed by atoms with E-state index in [4.69, 9.17) is 0 Å². The third-order valence-corrected chi connectivity index (χ3v) is 2.15. The van der Waals surface area contributed by atoms with Crippen LogP contribution in [0.2, 0.25) is 0 Å². The topological polar surface area (TPSA) is 17.1 Å². The van der Waals surface area contributed by atoms with Crippen molar-refractivity contribution >= 4 is 28.7 Å². The van der Waals surface area contributed by atoms with Crippen LogP contribution >= 0.6 is 22.5 Å². The summed E-state index contributed by atoms with van der Waals surface area (Å²) in [6.07, 6.45) is 7.13. The number of carbonyl (C=O) groups excluding carboxylic acids is 1. The van der Waals surface area contributed by atoms with E-state index >= 15 is 0 Å². The zero-order valence-corrected chi connectivity index (χ0v) is 8.41. The van der Waals surface area contributed by atoms with E-state index in [1.807, 2.05) is 6.92 Å². The summed E-state index contributed by atoms with van der Waals surface area (Å²) in [6, 6.07) is 0. The van der Waals surface area contributed by atoms with E-state index in [0.717, 1.165) is 24.9 Å². The Bertz CT molecular complexity index is 123. The normalized spacial score (nSPS) is 13.6. The molecule has 64 valence electrons. The molecule has 0 radical (unpaired) electrons. The zero-order valence-electron chi connectivity index (χ0n) is 6.69. The van der Waals surface area contributed by atoms with Gasteiger partial charge >= 0.3 is 0 Å². The maximum atomic E-state index is 10.2. The van der Waals surface area contributed by atoms with Crippen molar-refractivity contribution in [3.8, 4) is 0 Å². The summed E-state index contributed by atoms with van der Waals surface area (Å²) in [5.41, 5.74) is 0. The average Bonchev–Trinajstić information content (AvgIpc) is 2.04. The molecule has 0 bridgehead atoms. The van der Waals surface area contributed by atoms with Gasteiger partial charge in [0.2, 0.25) is 0 Å². The van der Waals surface area contributed by atoms with Crippen LogP contribution in [0.25, 0.3) is 0 Å². The Morgan fingerprint density at radius 1 is 1.55 bits per heavy atom. The van der Waals surface area contributed by atoms with Crippen LogP contribution in [0.4, 0.5) is 0 Å². The van der Waals surface area contributed by atoms with Crippen LogP contribution in [0.5, 0.6) is 0 Å². The van der Waals surface area contributed by atoms with Crippen molar-refractivity contribution in [2.45, 2.75) is 19.8 Å². The van der Waals surface area contributed by atoms with Gasteiger partial charge in [-0.15, -0.1) is 11.7 Å². The molecule has 0 N–H and O–H groups in total. The van der Waals surface area contributed by atoms with Crippen molar-refractivity contribution in [1.29, 1.82) is 0 Å². The van der Waals surface area contributed by atoms with Crippen molar-refractivity contribution in [2.75, 3.05) is 5.75 Å². The minimum absolute atomic E-state index is 0.198. The Morgan fingerprint density at radius 3 is 2.82 bits per heavy atom. The van der Waals surface area contributed by atoms with Crippen LogP contribution in [0, 0.1) is 5.92 Å². The highest BCUT2D eigenvalue weighted by Crippen LogP contribution is 2.06. The lowest BCUT2D eigenvalue weighted by Crippen LogP contribution is -1.93. The zero-order chi connectivity index (χ0) is 8.53. The number of allylic oxidation sites excluding steroid dienone is 1. The van der Waals surface area contributed by atoms with E-state index < -0.39 is 0 Å². The average molecular weight is 190 g/mol. The van der Waals surface area contributed by atoms with Crippen LogP contribution in [0.3, 0.4) is 0 Å². The first-order valence-electron chi connectivity index (χ1n) is 3.68. The fourth-order valence-electron chi connectivity index (χ4n) is 0.656. The quantitative estimate of drug-likeness (QED) is 0.300. The first kappa shape index (κ1) is 11.1. The van der Waals surface area contributed by atoms with E-state index in [9.17, 15) is 4.79 Å². The molecule has 0 rings (SSSR count). The van der Waals surface area contributed by atoms with Gasteiger partial charge in [0.05, 0.1) is 0 Å². The molecule has 0 aromatic rings. The molecule has 3 heteroatoms. The van der Waals surface area contributed by atoms with Crippen LogP contribution in [-0.4, -0.2) is 12.0 Å². The summed E-state index contributed by atoms with van der Waals surface area (Å²) < 4.78 is 0. The van der Waals surface area contributed by atoms with Gasteiger partial charge < -0.3 is 4.79 Å². The summed E-state index contributed by atoms with van der Waals surface area (Å²) >= 11 is 3.99. The summed E-state index contributed by atoms with van der Waals surface area (Å²) in [5.74, 6) is 1.14. The predicted octanol–water partition coefficient (Wildman–Crippen LogP) is 2.74. The molecule has 0 spiro atoms. The Morgan fingerprint density at radius 2 is 2.27 bits per heavy atom. The Balaban J connectivity index is 3.18. The third-order valence-electron chi connectivity index (χ3n) is 1.36. The van der Waals surface area contributed by atoms with Gasteiger partial charge in [-0.1, -0.05) is 29.9 Å². The molecule has 0 saturated carbocycles. The Labute approximate surface area is 77.4 Å². The van der Waals surface area contributed by atoms with Gasteiger partial charge in [0.25, 0.3) is 0 Å². The smallest absolute Gasteiger partial charge is 0.122 e. The third kappa shape index (κ3) is 8.01. The van der Waals surface area contributed by atoms with E-state index in [1.165, 1.54) is 10.8 Å². The van der Waals surface area contributed by atoms with Gasteiger partial charge in [-0.05, 0) is 12.8 Å². The molecule has 0 aliphatic rings. The summed E-state index contributed by atoms with van der Waals surface area (Å²) in [5, 5.41) is 0. The lowest BCUT2D eigenvalue weighted by Gasteiger charge is -1.97. The number of thiol groups is 1. The molecule has 0 amide bonds. The summed E-state index contributed by atoms with van der Waals surface area (Å²) in [6.45, 7) is 1.94. The molecule has 1 nitrogen and oxygen atoms in total. The largest absolute Gasteiger partial charge is 0.303 e. The number of hydrogen-bond acceptors (Lipinski definition) is 3. The monoisotopic (exact) mass is 190 g/mol. The number of rotatable bonds is 6. The molecule has 0 aliphatic carbocycles. The summed E-state index contributed by atoms with van der Waals surface area (Å²) in [4.78, 5) is 10.2. The fourth-order valence-corrected chi connectivity index (χ4v) is 1.14. The van der Waals surface area contributed by atoms with Gasteiger partial charge in [0.15, 0.2) is 0 Å². The highest BCUT2D eigenvalue weighted by molar-refractivity contribution is 8.68. The number of hydrogen-bond donors (Lipinski definition) is 1. The lowest BCUT2D eigenvalue weighted by molar-refractivity contribution is -0.110. The van der Waals surface area contributed by atoms with Gasteiger partial charge in [-0.25, -0.2) is 0 Å². The fraction of sp³-hybridized carbons (Fsp3) is 0.625. The molecule has 0 aliphatic heterocycles. The van der Waals surface area contributed by atoms with Crippen molar-refractivity contribution < 1.29 is 4.79 Å². The second-order valence-electron chi connectivity index (χ2n) is 2.46. The van der Waals surface area contributed by atoms with Crippen LogP contribution in [0.1, 0.15) is 19.8 Å². The molecule has 0 aromatic carbocycles. The molecular weight excluding hydrogens is 176 g/mol. The van der Waals surface area contributed by atoms with Crippen molar-refractivity contribution in [3.63, 3.8) is 0 Å². The van der Waals surface area contributed by atoms with Crippen molar-refractivity contribution in [3.05, 3.63) is 12.2 Å². The highest BCUT2D eigenvalue weighted by Gasteiger charge is 1.95. The summed E-state index contributed by atoms with van der Waals surface area (Å²) in [7, 11) is 1.50. The molecule has 1 atom stereocenters.